The van der Waals surface area contributed by atoms with Crippen molar-refractivity contribution in [1.29, 1.82) is 0 Å². The number of nitrogens with two attached hydrogens (primary N) is 1. The van der Waals surface area contributed by atoms with Gasteiger partial charge in [0, 0.05) is 32.0 Å². The van der Waals surface area contributed by atoms with Gasteiger partial charge in [0.15, 0.2) is 5.60 Å². The normalized spacial score (nSPS) is 26.9. The molecule has 1 aromatic carbocycles. The van der Waals surface area contributed by atoms with Crippen molar-refractivity contribution in [2.24, 2.45) is 17.6 Å². The number of nitrogens with zero attached hydrogens (tertiary/aromatic N) is 2. The van der Waals surface area contributed by atoms with E-state index in [4.69, 9.17) is 5.73 Å². The van der Waals surface area contributed by atoms with Crippen molar-refractivity contribution in [3.63, 3.8) is 0 Å². The zero-order chi connectivity index (χ0) is 27.6. The fraction of sp³-hybridized carbons (Fsp3) is 0.440. The average Bonchev–Trinajstić information content (AvgIpc) is 2.81. The van der Waals surface area contributed by atoms with E-state index in [-0.39, 0.29) is 30.2 Å². The number of aliphatic hydroxyl groups is 3. The number of likely N-dealkylation sites (N-methyl/N-ethyl adjacent to an activating group) is 2. The van der Waals surface area contributed by atoms with Crippen LogP contribution in [0.1, 0.15) is 17.5 Å². The highest BCUT2D eigenvalue weighted by Gasteiger charge is 2.62. The number of Topliss-reactive ketones (excluding diaryl/α,β-unsaturated/α-hetero) is 1. The smallest absolute Gasteiger partial charge is 0.313 e. The third-order valence-electron chi connectivity index (χ3n) is 7.59. The number of ketones is 1. The van der Waals surface area contributed by atoms with Gasteiger partial charge in [-0.1, -0.05) is 6.07 Å². The topological polar surface area (TPSA) is 194 Å². The molecule has 0 radical (unpaired) electrons. The Bertz CT molecular complexity index is 1300. The van der Waals surface area contributed by atoms with Crippen LogP contribution in [0.15, 0.2) is 34.8 Å². The minimum atomic E-state index is -2.51. The van der Waals surface area contributed by atoms with E-state index < -0.39 is 58.2 Å². The van der Waals surface area contributed by atoms with Gasteiger partial charge in [0.2, 0.25) is 5.78 Å². The van der Waals surface area contributed by atoms with Gasteiger partial charge < -0.3 is 36.4 Å². The first-order valence-electron chi connectivity index (χ1n) is 11.7. The Balaban J connectivity index is 1.78. The van der Waals surface area contributed by atoms with Crippen LogP contribution in [0, 0.1) is 11.8 Å². The van der Waals surface area contributed by atoms with E-state index in [2.05, 4.69) is 5.32 Å². The van der Waals surface area contributed by atoms with Crippen LogP contribution in [0.25, 0.3) is 0 Å². The molecule has 198 valence electrons. The van der Waals surface area contributed by atoms with E-state index in [1.807, 2.05) is 0 Å². The summed E-state index contributed by atoms with van der Waals surface area (Å²) >= 11 is 0. The number of aliphatic hydroxyl groups excluding tert-OH is 2. The molecule has 12 nitrogen and oxygen atoms in total. The number of anilines is 1. The number of hydrogen-bond donors (Lipinski definition) is 6. The largest absolute Gasteiger partial charge is 0.510 e. The molecule has 0 spiro atoms. The highest BCUT2D eigenvalue weighted by atomic mass is 16.3. The van der Waals surface area contributed by atoms with Crippen molar-refractivity contribution in [2.45, 2.75) is 30.9 Å². The van der Waals surface area contributed by atoms with Gasteiger partial charge >= 0.3 is 11.8 Å². The minimum Gasteiger partial charge on any atom is -0.510 e. The quantitative estimate of drug-likeness (QED) is 0.175. The zero-order valence-electron chi connectivity index (χ0n) is 20.9. The lowest BCUT2D eigenvalue weighted by Crippen LogP contribution is -2.63. The van der Waals surface area contributed by atoms with Crippen molar-refractivity contribution >= 4 is 29.2 Å². The Morgan fingerprint density at radius 2 is 1.76 bits per heavy atom. The van der Waals surface area contributed by atoms with Gasteiger partial charge in [-0.15, -0.1) is 0 Å². The number of primary amides is 1. The Labute approximate surface area is 212 Å². The molecule has 0 bridgehead atoms. The van der Waals surface area contributed by atoms with Crippen molar-refractivity contribution in [3.05, 3.63) is 45.9 Å². The van der Waals surface area contributed by atoms with Crippen LogP contribution in [0.5, 0.6) is 5.75 Å². The molecule has 3 amide bonds. The van der Waals surface area contributed by atoms with Crippen molar-refractivity contribution in [3.8, 4) is 5.75 Å². The third kappa shape index (κ3) is 3.83. The number of fused-ring (bicyclic) bond motifs is 3. The average molecular weight is 515 g/mol. The second-order valence-electron chi connectivity index (χ2n) is 10.2. The molecular weight excluding hydrogens is 484 g/mol. The molecule has 0 aromatic heterocycles. The monoisotopic (exact) mass is 514 g/mol. The van der Waals surface area contributed by atoms with E-state index in [0.717, 1.165) is 10.5 Å². The van der Waals surface area contributed by atoms with Crippen LogP contribution in [-0.2, 0) is 32.0 Å². The van der Waals surface area contributed by atoms with Gasteiger partial charge in [-0.25, -0.2) is 0 Å². The van der Waals surface area contributed by atoms with E-state index in [9.17, 15) is 39.6 Å². The maximum Gasteiger partial charge on any atom is 0.313 e. The van der Waals surface area contributed by atoms with Gasteiger partial charge in [0.05, 0.1) is 11.7 Å². The predicted octanol–water partition coefficient (Wildman–Crippen LogP) is -0.493. The Kier molecular flexibility index (Phi) is 6.29. The van der Waals surface area contributed by atoms with Gasteiger partial charge in [-0.3, -0.25) is 24.1 Å². The second-order valence-corrected chi connectivity index (χ2v) is 10.2. The standard InChI is InChI=1S/C25H30N4O8/c1-28(2)17-14-8-11-7-10-5-6-15(27-23(35)24(36)29(3)4)18(30)12(10)9-13(11)20(32)25(14,37)21(33)16(19(17)31)22(26)34/h5-6,11,14,17,30-32,37H,7-9H2,1-4H3,(H2,26,34)(H,27,35)/t11?,14?,17-,25?/m0/s1. The first-order valence-corrected chi connectivity index (χ1v) is 11.7. The van der Waals surface area contributed by atoms with E-state index >= 15 is 0 Å². The Hall–Kier alpha value is -3.90. The molecule has 7 N–H and O–H groups in total. The summed E-state index contributed by atoms with van der Waals surface area (Å²) in [4.78, 5) is 52.1. The molecule has 12 heteroatoms. The first kappa shape index (κ1) is 26.2. The number of phenolic OH excluding ortho intramolecular Hbond substituents is 1. The van der Waals surface area contributed by atoms with E-state index in [1.165, 1.54) is 20.2 Å². The molecule has 37 heavy (non-hydrogen) atoms. The summed E-state index contributed by atoms with van der Waals surface area (Å²) < 4.78 is 0. The minimum absolute atomic E-state index is 0.00447. The number of aromatic hydroxyl groups is 1. The number of rotatable bonds is 3. The van der Waals surface area contributed by atoms with Crippen LogP contribution in [0.4, 0.5) is 5.69 Å². The summed E-state index contributed by atoms with van der Waals surface area (Å²) in [7, 11) is 6.04. The third-order valence-corrected chi connectivity index (χ3v) is 7.59. The predicted molar refractivity (Wildman–Crippen MR) is 130 cm³/mol. The zero-order valence-corrected chi connectivity index (χ0v) is 20.9. The molecule has 0 saturated carbocycles. The second kappa shape index (κ2) is 8.89. The number of nitrogens with one attached hydrogen (secondary N) is 1. The van der Waals surface area contributed by atoms with Crippen molar-refractivity contribution < 1.29 is 39.6 Å². The number of amides is 3. The number of allylic oxidation sites excluding steroid dienone is 1. The number of carbonyl (C=O) groups is 4. The van der Waals surface area contributed by atoms with Crippen LogP contribution < -0.4 is 11.1 Å². The van der Waals surface area contributed by atoms with Crippen molar-refractivity contribution in [1.82, 2.24) is 9.80 Å². The summed E-state index contributed by atoms with van der Waals surface area (Å²) in [5.41, 5.74) is 3.45. The Morgan fingerprint density at radius 3 is 2.32 bits per heavy atom. The maximum absolute atomic E-state index is 13.3. The van der Waals surface area contributed by atoms with Crippen LogP contribution in [0.3, 0.4) is 0 Å². The lowest BCUT2D eigenvalue weighted by Gasteiger charge is -2.50. The SMILES string of the molecule is CN(C)C(=O)C(=O)Nc1ccc2c(c1O)CC1=C(O)C3(O)C(=O)C(C(N)=O)=C(O)[C@@H](N(C)C)C3CC1C2. The molecule has 0 fully saturated rings. The van der Waals surface area contributed by atoms with Gasteiger partial charge in [-0.05, 0) is 50.1 Å². The van der Waals surface area contributed by atoms with Crippen LogP contribution in [0.2, 0.25) is 0 Å². The molecule has 4 rings (SSSR count). The maximum atomic E-state index is 13.3. The number of benzene rings is 1. The van der Waals surface area contributed by atoms with Gasteiger partial charge in [0.25, 0.3) is 5.91 Å². The molecule has 0 aliphatic heterocycles. The first-order chi connectivity index (χ1) is 17.2. The lowest BCUT2D eigenvalue weighted by atomic mass is 9.59. The number of hydrogen-bond acceptors (Lipinski definition) is 9. The summed E-state index contributed by atoms with van der Waals surface area (Å²) in [6.45, 7) is 0. The molecule has 0 heterocycles. The molecule has 3 aliphatic rings. The van der Waals surface area contributed by atoms with Crippen molar-refractivity contribution in [2.75, 3.05) is 33.5 Å². The van der Waals surface area contributed by atoms with Gasteiger partial charge in [-0.2, -0.15) is 0 Å². The molecular formula is C25H30N4O8. The summed E-state index contributed by atoms with van der Waals surface area (Å²) in [5, 5.41) is 47.0. The fourth-order valence-electron chi connectivity index (χ4n) is 5.79. The Morgan fingerprint density at radius 1 is 1.11 bits per heavy atom. The molecule has 3 unspecified atom stereocenters. The number of carbonyl (C=O) groups excluding carboxylic acids is 4. The molecule has 0 saturated heterocycles. The van der Waals surface area contributed by atoms with Crippen LogP contribution in [-0.4, -0.2) is 93.6 Å². The van der Waals surface area contributed by atoms with E-state index in [1.54, 1.807) is 25.1 Å². The summed E-state index contributed by atoms with van der Waals surface area (Å²) in [6.07, 6.45) is 0.470. The number of phenols is 1. The molecule has 4 atom stereocenters. The molecule has 1 aromatic rings. The van der Waals surface area contributed by atoms with Gasteiger partial charge in [0.1, 0.15) is 22.8 Å². The van der Waals surface area contributed by atoms with E-state index in [0.29, 0.717) is 17.6 Å². The summed E-state index contributed by atoms with van der Waals surface area (Å²) in [6, 6.07) is 2.20. The lowest BCUT2D eigenvalue weighted by molar-refractivity contribution is -0.148. The van der Waals surface area contributed by atoms with Crippen LogP contribution >= 0.6 is 0 Å². The molecule has 3 aliphatic carbocycles. The fourth-order valence-corrected chi connectivity index (χ4v) is 5.79. The summed E-state index contributed by atoms with van der Waals surface area (Å²) in [5.74, 6) is -6.97. The highest BCUT2D eigenvalue weighted by molar-refractivity contribution is 6.39. The highest BCUT2D eigenvalue weighted by Crippen LogP contribution is 2.52.